The summed E-state index contributed by atoms with van der Waals surface area (Å²) in [5.41, 5.74) is 0. The largest absolute Gasteiger partial charge is 0.463 e. The molecule has 0 aliphatic carbocycles. The summed E-state index contributed by atoms with van der Waals surface area (Å²) in [6, 6.07) is 0. The van der Waals surface area contributed by atoms with Gasteiger partial charge in [0.15, 0.2) is 0 Å². The fourth-order valence-electron chi connectivity index (χ4n) is 3.13. The van der Waals surface area contributed by atoms with Gasteiger partial charge >= 0.3 is 5.97 Å². The monoisotopic (exact) mass is 612 g/mol. The van der Waals surface area contributed by atoms with Crippen molar-refractivity contribution in [1.29, 1.82) is 0 Å². The minimum Gasteiger partial charge on any atom is -0.463 e. The Morgan fingerprint density at radius 3 is 0.881 bits per heavy atom. The van der Waals surface area contributed by atoms with Gasteiger partial charge in [0.2, 0.25) is 0 Å². The van der Waals surface area contributed by atoms with Crippen molar-refractivity contribution in [3.05, 3.63) is 0 Å². The first kappa shape index (κ1) is 41.1. The van der Waals surface area contributed by atoms with Crippen molar-refractivity contribution in [3.8, 4) is 0 Å². The minimum atomic E-state index is -0.157. The maximum Gasteiger partial charge on any atom is 0.305 e. The van der Waals surface area contributed by atoms with Crippen LogP contribution in [0.1, 0.15) is 52.4 Å². The van der Waals surface area contributed by atoms with Gasteiger partial charge in [-0.3, -0.25) is 4.79 Å². The lowest BCUT2D eigenvalue weighted by Gasteiger charge is -2.09. The zero-order valence-corrected chi connectivity index (χ0v) is 26.5. The van der Waals surface area contributed by atoms with E-state index in [0.717, 1.165) is 38.7 Å². The lowest BCUT2D eigenvalue weighted by molar-refractivity contribution is -0.145. The van der Waals surface area contributed by atoms with Gasteiger partial charge in [0.05, 0.1) is 126 Å². The Morgan fingerprint density at radius 1 is 0.333 bits per heavy atom. The summed E-state index contributed by atoms with van der Waals surface area (Å²) in [6.07, 6.45) is 5.74. The van der Waals surface area contributed by atoms with Crippen LogP contribution in [0.25, 0.3) is 0 Å². The predicted octanol–water partition coefficient (Wildman–Crippen LogP) is 3.08. The molecular formula is C30H60O12. The first-order chi connectivity index (χ1) is 20.8. The molecule has 0 aromatic heterocycles. The fourth-order valence-corrected chi connectivity index (χ4v) is 3.13. The smallest absolute Gasteiger partial charge is 0.305 e. The van der Waals surface area contributed by atoms with Gasteiger partial charge in [-0.25, -0.2) is 0 Å². The molecule has 0 aliphatic rings. The van der Waals surface area contributed by atoms with Crippen LogP contribution in [0.4, 0.5) is 0 Å². The van der Waals surface area contributed by atoms with Crippen molar-refractivity contribution >= 4 is 5.97 Å². The molecule has 0 bridgehead atoms. The molecule has 12 heteroatoms. The lowest BCUT2D eigenvalue weighted by Crippen LogP contribution is -2.15. The second kappa shape index (κ2) is 38.1. The second-order valence-electron chi connectivity index (χ2n) is 9.15. The van der Waals surface area contributed by atoms with Gasteiger partial charge in [0, 0.05) is 13.0 Å². The average Bonchev–Trinajstić information content (AvgIpc) is 2.99. The molecule has 0 N–H and O–H groups in total. The summed E-state index contributed by atoms with van der Waals surface area (Å²) in [6.45, 7) is 15.1. The summed E-state index contributed by atoms with van der Waals surface area (Å²) in [4.78, 5) is 11.4. The van der Waals surface area contributed by atoms with Crippen molar-refractivity contribution in [3.63, 3.8) is 0 Å². The highest BCUT2D eigenvalue weighted by Crippen LogP contribution is 2.00. The highest BCUT2D eigenvalue weighted by Gasteiger charge is 2.02. The maximum atomic E-state index is 11.4. The Balaban J connectivity index is 3.06. The van der Waals surface area contributed by atoms with E-state index in [0.29, 0.717) is 132 Å². The van der Waals surface area contributed by atoms with E-state index in [1.807, 2.05) is 0 Å². The number of unbranched alkanes of at least 4 members (excludes halogenated alkanes) is 3. The molecule has 0 rings (SSSR count). The number of ether oxygens (including phenoxy) is 11. The van der Waals surface area contributed by atoms with Gasteiger partial charge in [-0.1, -0.05) is 33.1 Å². The van der Waals surface area contributed by atoms with Crippen LogP contribution in [0.3, 0.4) is 0 Å². The minimum absolute atomic E-state index is 0.157. The van der Waals surface area contributed by atoms with E-state index in [-0.39, 0.29) is 12.6 Å². The summed E-state index contributed by atoms with van der Waals surface area (Å²) in [5, 5.41) is 0. The Morgan fingerprint density at radius 2 is 0.595 bits per heavy atom. The highest BCUT2D eigenvalue weighted by molar-refractivity contribution is 5.69. The van der Waals surface area contributed by atoms with E-state index < -0.39 is 0 Å². The molecule has 0 radical (unpaired) electrons. The van der Waals surface area contributed by atoms with Crippen LogP contribution in [-0.2, 0) is 56.9 Å². The predicted molar refractivity (Wildman–Crippen MR) is 158 cm³/mol. The SMILES string of the molecule is CCCCCC(=O)OCCOCCOCCOCCOCCOCCOCCOCCOCCOCCOCCCC. The van der Waals surface area contributed by atoms with Crippen LogP contribution in [0.15, 0.2) is 0 Å². The third-order valence-electron chi connectivity index (χ3n) is 5.47. The maximum absolute atomic E-state index is 11.4. The third-order valence-corrected chi connectivity index (χ3v) is 5.47. The van der Waals surface area contributed by atoms with E-state index in [1.54, 1.807) is 0 Å². The molecule has 0 aromatic rings. The molecule has 0 amide bonds. The van der Waals surface area contributed by atoms with E-state index in [4.69, 9.17) is 52.1 Å². The number of esters is 1. The Bertz CT molecular complexity index is 513. The summed E-state index contributed by atoms with van der Waals surface area (Å²) in [5.74, 6) is -0.157. The van der Waals surface area contributed by atoms with Crippen molar-refractivity contribution in [2.24, 2.45) is 0 Å². The average molecular weight is 613 g/mol. The molecule has 0 aromatic carbocycles. The Kier molecular flexibility index (Phi) is 37.3. The highest BCUT2D eigenvalue weighted by atomic mass is 16.6. The van der Waals surface area contributed by atoms with Gasteiger partial charge in [0.1, 0.15) is 6.61 Å². The van der Waals surface area contributed by atoms with E-state index >= 15 is 0 Å². The molecule has 252 valence electrons. The van der Waals surface area contributed by atoms with Gasteiger partial charge < -0.3 is 52.1 Å². The summed E-state index contributed by atoms with van der Waals surface area (Å²) < 4.78 is 59.5. The van der Waals surface area contributed by atoms with Crippen molar-refractivity contribution in [2.75, 3.05) is 139 Å². The molecule has 12 nitrogen and oxygen atoms in total. The van der Waals surface area contributed by atoms with Crippen molar-refractivity contribution in [2.45, 2.75) is 52.4 Å². The molecule has 0 saturated heterocycles. The van der Waals surface area contributed by atoms with E-state index in [1.165, 1.54) is 0 Å². The number of carbonyl (C=O) groups is 1. The number of hydrogen-bond acceptors (Lipinski definition) is 12. The first-order valence-corrected chi connectivity index (χ1v) is 15.7. The molecule has 0 unspecified atom stereocenters. The molecule has 42 heavy (non-hydrogen) atoms. The van der Waals surface area contributed by atoms with Crippen LogP contribution in [0, 0.1) is 0 Å². The van der Waals surface area contributed by atoms with Crippen molar-refractivity contribution < 1.29 is 56.9 Å². The quantitative estimate of drug-likeness (QED) is 0.0758. The summed E-state index contributed by atoms with van der Waals surface area (Å²) in [7, 11) is 0. The molecule has 0 saturated carbocycles. The third kappa shape index (κ3) is 37.1. The van der Waals surface area contributed by atoms with Crippen LogP contribution < -0.4 is 0 Å². The van der Waals surface area contributed by atoms with Crippen LogP contribution in [0.5, 0.6) is 0 Å². The van der Waals surface area contributed by atoms with Crippen LogP contribution >= 0.6 is 0 Å². The molecule has 0 atom stereocenters. The molecule has 0 spiro atoms. The van der Waals surface area contributed by atoms with E-state index in [9.17, 15) is 4.79 Å². The number of rotatable bonds is 37. The molecule has 0 heterocycles. The molecule has 0 aliphatic heterocycles. The normalized spacial score (nSPS) is 11.4. The van der Waals surface area contributed by atoms with Crippen LogP contribution in [0.2, 0.25) is 0 Å². The molecule has 0 fully saturated rings. The standard InChI is InChI=1S/C30H60O12/c1-3-5-7-8-30(31)42-29-28-41-27-26-40-25-24-39-23-22-38-21-20-37-19-18-36-17-16-35-15-14-34-13-12-33-11-10-32-9-6-4-2/h3-29H2,1-2H3. The van der Waals surface area contributed by atoms with E-state index in [2.05, 4.69) is 13.8 Å². The van der Waals surface area contributed by atoms with Crippen LogP contribution in [-0.4, -0.2) is 145 Å². The number of carbonyl (C=O) groups excluding carboxylic acids is 1. The second-order valence-corrected chi connectivity index (χ2v) is 9.15. The first-order valence-electron chi connectivity index (χ1n) is 15.7. The fraction of sp³-hybridized carbons (Fsp3) is 0.967. The lowest BCUT2D eigenvalue weighted by atomic mass is 10.2. The Hall–Kier alpha value is -0.930. The summed E-state index contributed by atoms with van der Waals surface area (Å²) >= 11 is 0. The van der Waals surface area contributed by atoms with Gasteiger partial charge in [0.25, 0.3) is 0 Å². The zero-order chi connectivity index (χ0) is 30.4. The molecular weight excluding hydrogens is 552 g/mol. The zero-order valence-electron chi connectivity index (χ0n) is 26.5. The topological polar surface area (TPSA) is 119 Å². The van der Waals surface area contributed by atoms with Gasteiger partial charge in [-0.2, -0.15) is 0 Å². The van der Waals surface area contributed by atoms with Gasteiger partial charge in [-0.15, -0.1) is 0 Å². The Labute approximate surface area is 254 Å². The number of hydrogen-bond donors (Lipinski definition) is 0. The van der Waals surface area contributed by atoms with Crippen molar-refractivity contribution in [1.82, 2.24) is 0 Å². The van der Waals surface area contributed by atoms with Gasteiger partial charge in [-0.05, 0) is 12.8 Å².